The number of primary amides is 1. The summed E-state index contributed by atoms with van der Waals surface area (Å²) < 4.78 is 5.35. The number of benzene rings is 2. The van der Waals surface area contributed by atoms with Gasteiger partial charge in [0.05, 0.1) is 0 Å². The van der Waals surface area contributed by atoms with E-state index in [0.717, 1.165) is 22.3 Å². The molecule has 1 aliphatic rings. The van der Waals surface area contributed by atoms with Crippen molar-refractivity contribution in [2.75, 3.05) is 6.61 Å². The normalized spacial score (nSPS) is 14.5. The number of nitrogens with one attached hydrogen (secondary N) is 1. The van der Waals surface area contributed by atoms with E-state index in [1.165, 1.54) is 6.92 Å². The third kappa shape index (κ3) is 3.98. The average molecular weight is 382 g/mol. The summed E-state index contributed by atoms with van der Waals surface area (Å²) in [7, 11) is 0. The van der Waals surface area contributed by atoms with Crippen molar-refractivity contribution in [2.24, 2.45) is 11.7 Å². The van der Waals surface area contributed by atoms with Gasteiger partial charge >= 0.3 is 12.1 Å². The maximum absolute atomic E-state index is 12.2. The molecule has 0 aliphatic heterocycles. The number of carboxylic acids is 1. The number of carbonyl (C=O) groups excluding carboxylic acids is 2. The maximum Gasteiger partial charge on any atom is 0.407 e. The predicted molar refractivity (Wildman–Crippen MR) is 103 cm³/mol. The molecule has 2 aromatic carbocycles. The summed E-state index contributed by atoms with van der Waals surface area (Å²) >= 11 is 0. The number of fused-ring (bicyclic) bond motifs is 3. The van der Waals surface area contributed by atoms with Gasteiger partial charge in [-0.25, -0.2) is 9.59 Å². The van der Waals surface area contributed by atoms with E-state index in [2.05, 4.69) is 5.32 Å². The van der Waals surface area contributed by atoms with Crippen molar-refractivity contribution in [1.82, 2.24) is 5.32 Å². The molecule has 0 bridgehead atoms. The zero-order valence-corrected chi connectivity index (χ0v) is 15.4. The Hall–Kier alpha value is -3.35. The lowest BCUT2D eigenvalue weighted by molar-refractivity contribution is -0.140. The molecule has 28 heavy (non-hydrogen) atoms. The Kier molecular flexibility index (Phi) is 5.63. The van der Waals surface area contributed by atoms with Crippen LogP contribution in [0.25, 0.3) is 11.1 Å². The fourth-order valence-electron chi connectivity index (χ4n) is 3.65. The number of carboxylic acid groups (broad SMARTS) is 1. The lowest BCUT2D eigenvalue weighted by atomic mass is 9.98. The number of rotatable bonds is 7. The Bertz CT molecular complexity index is 866. The molecule has 7 nitrogen and oxygen atoms in total. The third-order valence-corrected chi connectivity index (χ3v) is 4.98. The zero-order valence-electron chi connectivity index (χ0n) is 15.4. The van der Waals surface area contributed by atoms with Crippen LogP contribution in [-0.2, 0) is 14.3 Å². The van der Waals surface area contributed by atoms with Gasteiger partial charge < -0.3 is 20.9 Å². The molecule has 0 saturated carbocycles. The van der Waals surface area contributed by atoms with E-state index in [0.29, 0.717) is 0 Å². The molecule has 0 aromatic heterocycles. The van der Waals surface area contributed by atoms with Crippen LogP contribution in [0.15, 0.2) is 48.5 Å². The first kappa shape index (κ1) is 19.4. The van der Waals surface area contributed by atoms with Gasteiger partial charge in [-0.05, 0) is 28.2 Å². The second-order valence-corrected chi connectivity index (χ2v) is 6.93. The minimum Gasteiger partial charge on any atom is -0.480 e. The highest BCUT2D eigenvalue weighted by atomic mass is 16.5. The molecule has 0 heterocycles. The van der Waals surface area contributed by atoms with Crippen molar-refractivity contribution in [3.05, 3.63) is 59.7 Å². The van der Waals surface area contributed by atoms with Crippen LogP contribution in [0.5, 0.6) is 0 Å². The molecule has 0 fully saturated rings. The summed E-state index contributed by atoms with van der Waals surface area (Å²) in [6.45, 7) is 1.61. The van der Waals surface area contributed by atoms with Crippen molar-refractivity contribution in [1.29, 1.82) is 0 Å². The minimum absolute atomic E-state index is 0.0798. The van der Waals surface area contributed by atoms with Crippen molar-refractivity contribution < 1.29 is 24.2 Å². The fraction of sp³-hybridized carbons (Fsp3) is 0.286. The lowest BCUT2D eigenvalue weighted by Crippen LogP contribution is -2.46. The van der Waals surface area contributed by atoms with E-state index in [9.17, 15) is 19.5 Å². The number of hydrogen-bond donors (Lipinski definition) is 3. The van der Waals surface area contributed by atoms with Gasteiger partial charge in [0.1, 0.15) is 12.6 Å². The van der Waals surface area contributed by atoms with Crippen molar-refractivity contribution in [2.45, 2.75) is 25.3 Å². The van der Waals surface area contributed by atoms with Crippen LogP contribution in [0.2, 0.25) is 0 Å². The molecule has 146 valence electrons. The molecular formula is C21H22N2O5. The van der Waals surface area contributed by atoms with E-state index < -0.39 is 29.9 Å². The number of nitrogens with two attached hydrogens (primary N) is 1. The number of aliphatic carboxylic acids is 1. The van der Waals surface area contributed by atoms with Crippen LogP contribution in [0.3, 0.4) is 0 Å². The van der Waals surface area contributed by atoms with Crippen LogP contribution in [-0.4, -0.2) is 35.7 Å². The minimum atomic E-state index is -1.26. The number of hydrogen-bond acceptors (Lipinski definition) is 4. The first-order valence-corrected chi connectivity index (χ1v) is 9.01. The van der Waals surface area contributed by atoms with Gasteiger partial charge in [0.2, 0.25) is 5.91 Å². The Morgan fingerprint density at radius 1 is 1.07 bits per heavy atom. The fourth-order valence-corrected chi connectivity index (χ4v) is 3.65. The molecule has 0 saturated heterocycles. The molecule has 3 rings (SSSR count). The Labute approximate surface area is 162 Å². The highest BCUT2D eigenvalue weighted by Gasteiger charge is 2.31. The van der Waals surface area contributed by atoms with Gasteiger partial charge in [0.15, 0.2) is 0 Å². The highest BCUT2D eigenvalue weighted by Crippen LogP contribution is 2.44. The van der Waals surface area contributed by atoms with Crippen LogP contribution in [0.1, 0.15) is 30.4 Å². The number of alkyl carbamates (subject to hydrolysis) is 1. The Morgan fingerprint density at radius 2 is 1.61 bits per heavy atom. The first-order valence-electron chi connectivity index (χ1n) is 9.01. The average Bonchev–Trinajstić information content (AvgIpc) is 2.97. The van der Waals surface area contributed by atoms with Crippen LogP contribution < -0.4 is 11.1 Å². The van der Waals surface area contributed by atoms with Gasteiger partial charge in [-0.3, -0.25) is 4.79 Å². The predicted octanol–water partition coefficient (Wildman–Crippen LogP) is 2.49. The Morgan fingerprint density at radius 3 is 2.11 bits per heavy atom. The number of carbonyl (C=O) groups is 3. The van der Waals surface area contributed by atoms with Gasteiger partial charge in [-0.1, -0.05) is 55.5 Å². The molecule has 0 spiro atoms. The monoisotopic (exact) mass is 382 g/mol. The molecule has 0 radical (unpaired) electrons. The first-order chi connectivity index (χ1) is 13.4. The molecule has 2 aromatic rings. The second-order valence-electron chi connectivity index (χ2n) is 6.93. The van der Waals surface area contributed by atoms with E-state index in [1.807, 2.05) is 48.5 Å². The molecular weight excluding hydrogens is 360 g/mol. The SMILES string of the molecule is C[C@@H](CC(N)=O)[C@H](NC(=O)OCC1c2ccccc2-c2ccccc21)C(=O)O. The summed E-state index contributed by atoms with van der Waals surface area (Å²) in [6.07, 6.45) is -0.994. The molecule has 7 heteroatoms. The van der Waals surface area contributed by atoms with Crippen LogP contribution in [0, 0.1) is 5.92 Å². The smallest absolute Gasteiger partial charge is 0.407 e. The largest absolute Gasteiger partial charge is 0.480 e. The summed E-state index contributed by atoms with van der Waals surface area (Å²) in [4.78, 5) is 34.7. The van der Waals surface area contributed by atoms with Crippen LogP contribution in [0.4, 0.5) is 4.79 Å². The van der Waals surface area contributed by atoms with Gasteiger partial charge in [-0.15, -0.1) is 0 Å². The van der Waals surface area contributed by atoms with E-state index >= 15 is 0 Å². The summed E-state index contributed by atoms with van der Waals surface area (Å²) in [5.41, 5.74) is 9.45. The Balaban J connectivity index is 1.69. The van der Waals surface area contributed by atoms with Crippen molar-refractivity contribution in [3.8, 4) is 11.1 Å². The lowest BCUT2D eigenvalue weighted by Gasteiger charge is -2.21. The molecule has 1 aliphatic carbocycles. The molecule has 2 atom stereocenters. The van der Waals surface area contributed by atoms with Crippen molar-refractivity contribution >= 4 is 18.0 Å². The van der Waals surface area contributed by atoms with E-state index in [1.54, 1.807) is 0 Å². The van der Waals surface area contributed by atoms with Crippen LogP contribution >= 0.6 is 0 Å². The molecule has 2 amide bonds. The quantitative estimate of drug-likeness (QED) is 0.680. The highest BCUT2D eigenvalue weighted by molar-refractivity contribution is 5.82. The molecule has 0 unspecified atom stereocenters. The van der Waals surface area contributed by atoms with E-state index in [-0.39, 0.29) is 18.9 Å². The van der Waals surface area contributed by atoms with Gasteiger partial charge in [-0.2, -0.15) is 0 Å². The number of amides is 2. The van der Waals surface area contributed by atoms with E-state index in [4.69, 9.17) is 10.5 Å². The summed E-state index contributed by atoms with van der Waals surface area (Å²) in [6, 6.07) is 14.6. The second kappa shape index (κ2) is 8.12. The molecule has 4 N–H and O–H groups in total. The van der Waals surface area contributed by atoms with Gasteiger partial charge in [0, 0.05) is 12.3 Å². The third-order valence-electron chi connectivity index (χ3n) is 4.98. The zero-order chi connectivity index (χ0) is 20.3. The topological polar surface area (TPSA) is 119 Å². The standard InChI is InChI=1S/C21H22N2O5/c1-12(10-18(22)24)19(20(25)26)23-21(27)28-11-17-15-8-4-2-6-13(15)14-7-3-5-9-16(14)17/h2-9,12,17,19H,10-11H2,1H3,(H2,22,24)(H,23,27)(H,25,26)/t12-,19-/m0/s1. The summed E-state index contributed by atoms with van der Waals surface area (Å²) in [5, 5.41) is 11.6. The van der Waals surface area contributed by atoms with Gasteiger partial charge in [0.25, 0.3) is 0 Å². The summed E-state index contributed by atoms with van der Waals surface area (Å²) in [5.74, 6) is -2.66. The number of ether oxygens (including phenoxy) is 1. The maximum atomic E-state index is 12.2. The van der Waals surface area contributed by atoms with Crippen molar-refractivity contribution in [3.63, 3.8) is 0 Å².